The van der Waals surface area contributed by atoms with Gasteiger partial charge in [-0.15, -0.1) is 11.3 Å². The zero-order chi connectivity index (χ0) is 31.7. The molecule has 0 saturated carbocycles. The predicted octanol–water partition coefficient (Wildman–Crippen LogP) is 5.34. The maximum Gasteiger partial charge on any atom is 0.404 e. The number of carbonyl (C=O) groups excluding carboxylic acids is 2. The van der Waals surface area contributed by atoms with E-state index in [0.29, 0.717) is 29.3 Å². The number of nitrogens with one attached hydrogen (secondary N) is 2. The number of thiophene rings is 1. The van der Waals surface area contributed by atoms with Gasteiger partial charge in [-0.2, -0.15) is 0 Å². The number of nitrogens with zero attached hydrogens (tertiary/aromatic N) is 3. The maximum atomic E-state index is 13.2. The number of ether oxygens (including phenoxy) is 1. The van der Waals surface area contributed by atoms with E-state index in [0.717, 1.165) is 53.9 Å². The molecule has 2 aromatic heterocycles. The third-order valence-corrected chi connectivity index (χ3v) is 9.68. The number of fused-ring (bicyclic) bond motifs is 1. The average Bonchev–Trinajstić information content (AvgIpc) is 3.45. The molecule has 0 radical (unpaired) electrons. The molecular weight excluding hydrogens is 590 g/mol. The van der Waals surface area contributed by atoms with Gasteiger partial charge >= 0.3 is 6.09 Å². The van der Waals surface area contributed by atoms with Crippen LogP contribution in [-0.4, -0.2) is 40.7 Å². The summed E-state index contributed by atoms with van der Waals surface area (Å²) in [6, 6.07) is 13.2. The molecule has 1 fully saturated rings. The Bertz CT molecular complexity index is 1810. The number of nitrogen functional groups attached to an aromatic ring is 1. The van der Waals surface area contributed by atoms with Crippen molar-refractivity contribution in [2.75, 3.05) is 34.4 Å². The summed E-state index contributed by atoms with van der Waals surface area (Å²) in [5.74, 6) is 0.0278. The third-order valence-electron chi connectivity index (χ3n) is 8.44. The second kappa shape index (κ2) is 12.6. The van der Waals surface area contributed by atoms with E-state index in [-0.39, 0.29) is 23.4 Å². The second-order valence-corrected chi connectivity index (χ2v) is 12.8. The van der Waals surface area contributed by atoms with Crippen LogP contribution in [0.3, 0.4) is 0 Å². The molecule has 2 aliphatic rings. The molecule has 1 aliphatic carbocycles. The largest absolute Gasteiger partial charge is 0.445 e. The van der Waals surface area contributed by atoms with E-state index in [9.17, 15) is 14.4 Å². The summed E-state index contributed by atoms with van der Waals surface area (Å²) in [7, 11) is 1.68. The molecule has 1 atom stereocenters. The molecule has 1 aliphatic heterocycles. The topological polar surface area (TPSA) is 158 Å². The van der Waals surface area contributed by atoms with E-state index >= 15 is 0 Å². The van der Waals surface area contributed by atoms with Gasteiger partial charge in [-0.05, 0) is 86.9 Å². The van der Waals surface area contributed by atoms with Gasteiger partial charge in [0.1, 0.15) is 6.10 Å². The number of nitrogens with two attached hydrogens (primary N) is 2. The SMILES string of the molecule is Cc1c(NC(=O)c2cc3c(s2)CCCC3)cccc1-c1cn(C)c(=O)c(Nc2ccc(N3CCCC(OC(N)=O)C3)c(N)c2)n1. The number of aromatic nitrogens is 2. The highest BCUT2D eigenvalue weighted by molar-refractivity contribution is 7.14. The third kappa shape index (κ3) is 6.51. The standard InChI is InChI=1S/C33H37N7O4S/c1-19-23(9-5-10-25(19)38-31(41)29-15-20-7-3-4-11-28(20)45-29)26-18-39(2)32(42)30(37-26)36-21-12-13-27(24(34)16-21)40-14-6-8-22(17-40)44-33(35)43/h5,9-10,12-13,15-16,18,22H,3-4,6-8,11,14,17,34H2,1-2H3,(H2,35,43)(H,36,37)(H,38,41). The lowest BCUT2D eigenvalue weighted by Gasteiger charge is -2.34. The van der Waals surface area contributed by atoms with Crippen LogP contribution in [0.1, 0.15) is 51.4 Å². The van der Waals surface area contributed by atoms with Crippen molar-refractivity contribution >= 4 is 51.9 Å². The quantitative estimate of drug-likeness (QED) is 0.200. The lowest BCUT2D eigenvalue weighted by molar-refractivity contribution is 0.0965. The molecule has 4 aromatic rings. The number of amides is 2. The summed E-state index contributed by atoms with van der Waals surface area (Å²) in [6.07, 6.45) is 6.61. The Morgan fingerprint density at radius 3 is 2.71 bits per heavy atom. The van der Waals surface area contributed by atoms with Crippen LogP contribution in [-0.2, 0) is 24.6 Å². The van der Waals surface area contributed by atoms with Crippen molar-refractivity contribution in [2.24, 2.45) is 12.8 Å². The first-order chi connectivity index (χ1) is 21.7. The van der Waals surface area contributed by atoms with Crippen LogP contribution in [0.2, 0.25) is 0 Å². The Balaban J connectivity index is 1.22. The van der Waals surface area contributed by atoms with E-state index in [4.69, 9.17) is 21.2 Å². The van der Waals surface area contributed by atoms with Gasteiger partial charge in [0.05, 0.1) is 28.5 Å². The van der Waals surface area contributed by atoms with E-state index < -0.39 is 6.09 Å². The Morgan fingerprint density at radius 2 is 1.93 bits per heavy atom. The average molecular weight is 628 g/mol. The smallest absolute Gasteiger partial charge is 0.404 e. The van der Waals surface area contributed by atoms with Crippen molar-refractivity contribution in [3.05, 3.63) is 79.9 Å². The van der Waals surface area contributed by atoms with Crippen molar-refractivity contribution in [3.8, 4) is 11.3 Å². The monoisotopic (exact) mass is 627 g/mol. The van der Waals surface area contributed by atoms with Crippen molar-refractivity contribution in [1.82, 2.24) is 9.55 Å². The fourth-order valence-corrected chi connectivity index (χ4v) is 7.28. The number of piperidine rings is 1. The van der Waals surface area contributed by atoms with Crippen LogP contribution in [0.4, 0.5) is 33.4 Å². The zero-order valence-electron chi connectivity index (χ0n) is 25.4. The molecule has 2 amide bonds. The first-order valence-corrected chi connectivity index (χ1v) is 16.0. The van der Waals surface area contributed by atoms with Gasteiger partial charge in [0, 0.05) is 41.6 Å². The van der Waals surface area contributed by atoms with Gasteiger partial charge in [0.2, 0.25) is 0 Å². The zero-order valence-corrected chi connectivity index (χ0v) is 26.2. The summed E-state index contributed by atoms with van der Waals surface area (Å²) in [5.41, 5.74) is 17.5. The highest BCUT2D eigenvalue weighted by Crippen LogP contribution is 2.33. The van der Waals surface area contributed by atoms with Gasteiger partial charge in [0.15, 0.2) is 5.82 Å². The second-order valence-electron chi connectivity index (χ2n) is 11.6. The molecule has 12 heteroatoms. The molecule has 0 spiro atoms. The summed E-state index contributed by atoms with van der Waals surface area (Å²) >= 11 is 1.58. The van der Waals surface area contributed by atoms with Gasteiger partial charge < -0.3 is 36.3 Å². The Kier molecular flexibility index (Phi) is 8.48. The lowest BCUT2D eigenvalue weighted by Crippen LogP contribution is -2.41. The molecule has 1 saturated heterocycles. The highest BCUT2D eigenvalue weighted by Gasteiger charge is 2.24. The molecule has 11 nitrogen and oxygen atoms in total. The maximum absolute atomic E-state index is 13.2. The molecule has 45 heavy (non-hydrogen) atoms. The number of carbonyl (C=O) groups is 2. The van der Waals surface area contributed by atoms with Gasteiger partial charge in [0.25, 0.3) is 11.5 Å². The van der Waals surface area contributed by atoms with Crippen molar-refractivity contribution in [2.45, 2.75) is 51.6 Å². The van der Waals surface area contributed by atoms with E-state index in [1.54, 1.807) is 30.6 Å². The number of hydrogen-bond acceptors (Lipinski definition) is 9. The van der Waals surface area contributed by atoms with Gasteiger partial charge in [-0.1, -0.05) is 12.1 Å². The van der Waals surface area contributed by atoms with E-state index in [1.165, 1.54) is 27.8 Å². The van der Waals surface area contributed by atoms with Gasteiger partial charge in [-0.3, -0.25) is 9.59 Å². The first-order valence-electron chi connectivity index (χ1n) is 15.1. The molecule has 0 bridgehead atoms. The first kappa shape index (κ1) is 30.2. The van der Waals surface area contributed by atoms with Gasteiger partial charge in [-0.25, -0.2) is 9.78 Å². The van der Waals surface area contributed by atoms with E-state index in [1.807, 2.05) is 43.3 Å². The highest BCUT2D eigenvalue weighted by atomic mass is 32.1. The summed E-state index contributed by atoms with van der Waals surface area (Å²) in [6.45, 7) is 3.20. The molecule has 234 valence electrons. The molecule has 1 unspecified atom stereocenters. The van der Waals surface area contributed by atoms with Crippen molar-refractivity contribution < 1.29 is 14.3 Å². The number of rotatable bonds is 7. The number of primary amides is 1. The Labute approximate surface area is 265 Å². The number of anilines is 5. The Hall–Kier alpha value is -4.84. The molecule has 6 rings (SSSR count). The van der Waals surface area contributed by atoms with Crippen LogP contribution in [0.15, 0.2) is 53.5 Å². The van der Waals surface area contributed by atoms with Crippen molar-refractivity contribution in [1.29, 1.82) is 0 Å². The number of hydrogen-bond donors (Lipinski definition) is 4. The molecule has 6 N–H and O–H groups in total. The minimum atomic E-state index is -0.784. The van der Waals surface area contributed by atoms with E-state index in [2.05, 4.69) is 15.5 Å². The summed E-state index contributed by atoms with van der Waals surface area (Å²) < 4.78 is 6.69. The van der Waals surface area contributed by atoms with Crippen LogP contribution < -0.4 is 32.6 Å². The van der Waals surface area contributed by atoms with Crippen LogP contribution in [0.25, 0.3) is 11.3 Å². The number of benzene rings is 2. The molecule has 2 aromatic carbocycles. The minimum Gasteiger partial charge on any atom is -0.445 e. The van der Waals surface area contributed by atoms with Crippen molar-refractivity contribution in [3.63, 3.8) is 0 Å². The normalized spacial score (nSPS) is 16.1. The van der Waals surface area contributed by atoms with Crippen LogP contribution in [0.5, 0.6) is 0 Å². The Morgan fingerprint density at radius 1 is 1.11 bits per heavy atom. The molecule has 3 heterocycles. The van der Waals surface area contributed by atoms with Crippen LogP contribution in [0, 0.1) is 6.92 Å². The molecular formula is C33H37N7O4S. The predicted molar refractivity (Wildman–Crippen MR) is 179 cm³/mol. The van der Waals surface area contributed by atoms with Crippen LogP contribution >= 0.6 is 11.3 Å². The number of aryl methyl sites for hydroxylation is 3. The fourth-order valence-electron chi connectivity index (χ4n) is 6.13. The fraction of sp³-hybridized carbons (Fsp3) is 0.333. The minimum absolute atomic E-state index is 0.119. The summed E-state index contributed by atoms with van der Waals surface area (Å²) in [5, 5.41) is 6.23. The lowest BCUT2D eigenvalue weighted by atomic mass is 9.99. The summed E-state index contributed by atoms with van der Waals surface area (Å²) in [4.78, 5) is 46.3.